The molecule has 0 spiro atoms. The summed E-state index contributed by atoms with van der Waals surface area (Å²) in [6.07, 6.45) is 1.62. The van der Waals surface area contributed by atoms with Crippen molar-refractivity contribution in [1.82, 2.24) is 4.98 Å². The largest absolute Gasteiger partial charge is 0.449 e. The highest BCUT2D eigenvalue weighted by Gasteiger charge is 1.97. The van der Waals surface area contributed by atoms with E-state index in [9.17, 15) is 0 Å². The Hall–Kier alpha value is -1.89. The van der Waals surface area contributed by atoms with Crippen LogP contribution in [0.1, 0.15) is 5.76 Å². The topological polar surface area (TPSA) is 50.4 Å². The number of pyridine rings is 1. The van der Waals surface area contributed by atoms with Crippen LogP contribution in [0, 0.1) is 3.77 Å². The predicted molar refractivity (Wildman–Crippen MR) is 84.4 cm³/mol. The second kappa shape index (κ2) is 5.40. The normalized spacial score (nSPS) is 11.2. The van der Waals surface area contributed by atoms with Crippen LogP contribution in [0.15, 0.2) is 58.0 Å². The van der Waals surface area contributed by atoms with Crippen molar-refractivity contribution in [3.63, 3.8) is 0 Å². The minimum Gasteiger partial charge on any atom is -0.449 e. The van der Waals surface area contributed by atoms with Crippen LogP contribution in [-0.2, 0) is 0 Å². The summed E-state index contributed by atoms with van der Waals surface area (Å²) in [5.41, 5.74) is 3.83. The molecule has 0 saturated heterocycles. The van der Waals surface area contributed by atoms with Gasteiger partial charge in [-0.3, -0.25) is 5.43 Å². The number of nitrogens with one attached hydrogen (secondary N) is 1. The standard InChI is InChI=1S/C14H10IN3O/c15-13-7-6-11(19-13)9-16-18-14-8-5-10-3-1-2-4-12(10)17-14/h1-9H,(H,17,18)/b16-9-. The van der Waals surface area contributed by atoms with Gasteiger partial charge in [-0.1, -0.05) is 18.2 Å². The van der Waals surface area contributed by atoms with Crippen molar-refractivity contribution in [3.05, 3.63) is 58.1 Å². The maximum absolute atomic E-state index is 5.37. The maximum atomic E-state index is 5.37. The van der Waals surface area contributed by atoms with Gasteiger partial charge in [0.15, 0.2) is 3.77 Å². The van der Waals surface area contributed by atoms with Gasteiger partial charge in [-0.25, -0.2) is 4.98 Å². The number of hydrazone groups is 1. The number of fused-ring (bicyclic) bond motifs is 1. The summed E-state index contributed by atoms with van der Waals surface area (Å²) < 4.78 is 6.20. The van der Waals surface area contributed by atoms with E-state index < -0.39 is 0 Å². The first-order valence-corrected chi connectivity index (χ1v) is 6.79. The average Bonchev–Trinajstić information content (AvgIpc) is 2.84. The van der Waals surface area contributed by atoms with Crippen molar-refractivity contribution in [1.29, 1.82) is 0 Å². The van der Waals surface area contributed by atoms with Crippen molar-refractivity contribution < 1.29 is 4.42 Å². The van der Waals surface area contributed by atoms with Crippen LogP contribution in [0.25, 0.3) is 10.9 Å². The molecule has 0 saturated carbocycles. The van der Waals surface area contributed by atoms with E-state index in [4.69, 9.17) is 4.42 Å². The third kappa shape index (κ3) is 2.93. The van der Waals surface area contributed by atoms with Gasteiger partial charge in [-0.05, 0) is 52.9 Å². The van der Waals surface area contributed by atoms with Crippen LogP contribution in [-0.4, -0.2) is 11.2 Å². The Morgan fingerprint density at radius 3 is 2.84 bits per heavy atom. The van der Waals surface area contributed by atoms with Gasteiger partial charge in [0.2, 0.25) is 0 Å². The summed E-state index contributed by atoms with van der Waals surface area (Å²) in [5, 5.41) is 5.21. The van der Waals surface area contributed by atoms with E-state index >= 15 is 0 Å². The molecule has 0 radical (unpaired) electrons. The molecule has 0 unspecified atom stereocenters. The minimum atomic E-state index is 0.705. The van der Waals surface area contributed by atoms with Gasteiger partial charge in [-0.15, -0.1) is 0 Å². The number of hydrogen-bond donors (Lipinski definition) is 1. The molecule has 4 nitrogen and oxygen atoms in total. The molecule has 0 amide bonds. The molecule has 5 heteroatoms. The van der Waals surface area contributed by atoms with Gasteiger partial charge < -0.3 is 4.42 Å². The number of anilines is 1. The van der Waals surface area contributed by atoms with Gasteiger partial charge in [0.05, 0.1) is 11.7 Å². The fraction of sp³-hybridized carbons (Fsp3) is 0. The van der Waals surface area contributed by atoms with Crippen LogP contribution in [0.4, 0.5) is 5.82 Å². The SMILES string of the molecule is Ic1ccc(/C=N\Nc2ccc3ccccc3n2)o1. The van der Waals surface area contributed by atoms with Crippen molar-refractivity contribution in [2.75, 3.05) is 5.43 Å². The first-order valence-electron chi connectivity index (χ1n) is 5.71. The van der Waals surface area contributed by atoms with E-state index in [0.717, 1.165) is 14.7 Å². The van der Waals surface area contributed by atoms with Crippen LogP contribution in [0.2, 0.25) is 0 Å². The minimum absolute atomic E-state index is 0.705. The molecule has 3 rings (SSSR count). The Balaban J connectivity index is 1.76. The number of rotatable bonds is 3. The number of para-hydroxylation sites is 1. The van der Waals surface area contributed by atoms with E-state index in [0.29, 0.717) is 11.6 Å². The van der Waals surface area contributed by atoms with Crippen molar-refractivity contribution in [2.45, 2.75) is 0 Å². The zero-order valence-corrected chi connectivity index (χ0v) is 12.0. The fourth-order valence-electron chi connectivity index (χ4n) is 1.69. The lowest BCUT2D eigenvalue weighted by Crippen LogP contribution is -1.93. The first-order chi connectivity index (χ1) is 9.31. The fourth-order valence-corrected chi connectivity index (χ4v) is 2.12. The molecule has 1 N–H and O–H groups in total. The van der Waals surface area contributed by atoms with Crippen molar-refractivity contribution >= 4 is 45.5 Å². The molecule has 3 aromatic rings. The quantitative estimate of drug-likeness (QED) is 0.437. The Bertz CT molecular complexity index is 736. The van der Waals surface area contributed by atoms with Crippen LogP contribution < -0.4 is 5.43 Å². The predicted octanol–water partition coefficient (Wildman–Crippen LogP) is 3.88. The number of hydrogen-bond acceptors (Lipinski definition) is 4. The molecule has 1 aromatic carbocycles. The number of aromatic nitrogens is 1. The molecular formula is C14H10IN3O. The Morgan fingerprint density at radius 1 is 1.11 bits per heavy atom. The molecule has 0 aliphatic heterocycles. The molecule has 0 fully saturated rings. The first kappa shape index (κ1) is 12.2. The van der Waals surface area contributed by atoms with Crippen LogP contribution in [0.5, 0.6) is 0 Å². The summed E-state index contributed by atoms with van der Waals surface area (Å²) in [5.74, 6) is 1.41. The van der Waals surface area contributed by atoms with Crippen LogP contribution >= 0.6 is 22.6 Å². The monoisotopic (exact) mass is 363 g/mol. The molecule has 2 heterocycles. The number of benzene rings is 1. The van der Waals surface area contributed by atoms with E-state index in [1.807, 2.05) is 48.5 Å². The van der Waals surface area contributed by atoms with E-state index in [-0.39, 0.29) is 0 Å². The second-order valence-electron chi connectivity index (χ2n) is 3.90. The molecule has 19 heavy (non-hydrogen) atoms. The third-order valence-corrected chi connectivity index (χ3v) is 3.14. The van der Waals surface area contributed by atoms with Gasteiger partial charge in [0.25, 0.3) is 0 Å². The molecular weight excluding hydrogens is 353 g/mol. The highest BCUT2D eigenvalue weighted by molar-refractivity contribution is 14.1. The van der Waals surface area contributed by atoms with Crippen molar-refractivity contribution in [3.8, 4) is 0 Å². The Morgan fingerprint density at radius 2 is 2.00 bits per heavy atom. The lowest BCUT2D eigenvalue weighted by Gasteiger charge is -2.01. The molecule has 94 valence electrons. The van der Waals surface area contributed by atoms with Gasteiger partial charge in [0, 0.05) is 5.39 Å². The summed E-state index contributed by atoms with van der Waals surface area (Å²) in [4.78, 5) is 4.45. The van der Waals surface area contributed by atoms with E-state index in [1.165, 1.54) is 0 Å². The number of nitrogens with zero attached hydrogens (tertiary/aromatic N) is 2. The Labute approximate surface area is 123 Å². The lowest BCUT2D eigenvalue weighted by atomic mass is 10.2. The lowest BCUT2D eigenvalue weighted by molar-refractivity contribution is 0.531. The van der Waals surface area contributed by atoms with Gasteiger partial charge in [0.1, 0.15) is 11.6 Å². The average molecular weight is 363 g/mol. The summed E-state index contributed by atoms with van der Waals surface area (Å²) >= 11 is 2.11. The summed E-state index contributed by atoms with van der Waals surface area (Å²) in [6.45, 7) is 0. The summed E-state index contributed by atoms with van der Waals surface area (Å²) in [7, 11) is 0. The highest BCUT2D eigenvalue weighted by atomic mass is 127. The Kier molecular flexibility index (Phi) is 3.45. The zero-order valence-electron chi connectivity index (χ0n) is 9.88. The second-order valence-corrected chi connectivity index (χ2v) is 4.96. The molecule has 0 atom stereocenters. The molecule has 2 aromatic heterocycles. The van der Waals surface area contributed by atoms with Crippen molar-refractivity contribution in [2.24, 2.45) is 5.10 Å². The molecule has 0 bridgehead atoms. The van der Waals surface area contributed by atoms with E-state index in [2.05, 4.69) is 38.1 Å². The summed E-state index contributed by atoms with van der Waals surface area (Å²) in [6, 6.07) is 15.6. The third-order valence-electron chi connectivity index (χ3n) is 2.56. The highest BCUT2D eigenvalue weighted by Crippen LogP contribution is 2.14. The maximum Gasteiger partial charge on any atom is 0.164 e. The number of furan rings is 1. The zero-order chi connectivity index (χ0) is 13.1. The molecule has 0 aliphatic carbocycles. The smallest absolute Gasteiger partial charge is 0.164 e. The van der Waals surface area contributed by atoms with Crippen LogP contribution in [0.3, 0.4) is 0 Å². The van der Waals surface area contributed by atoms with Gasteiger partial charge >= 0.3 is 0 Å². The number of halogens is 1. The molecule has 0 aliphatic rings. The van der Waals surface area contributed by atoms with Gasteiger partial charge in [-0.2, -0.15) is 5.10 Å². The van der Waals surface area contributed by atoms with E-state index in [1.54, 1.807) is 6.21 Å².